The molecule has 1 atom stereocenters. The van der Waals surface area contributed by atoms with Crippen LogP contribution >= 0.6 is 11.6 Å². The smallest absolute Gasteiger partial charge is 0.0992 e. The maximum absolute atomic E-state index is 8.79. The summed E-state index contributed by atoms with van der Waals surface area (Å²) in [5.74, 6) is 0. The minimum absolute atomic E-state index is 0.273. The lowest BCUT2D eigenvalue weighted by Gasteiger charge is -2.34. The first-order valence-corrected chi connectivity index (χ1v) is 6.65. The van der Waals surface area contributed by atoms with Crippen LogP contribution < -0.4 is 10.6 Å². The van der Waals surface area contributed by atoms with Crippen LogP contribution in [-0.2, 0) is 0 Å². The summed E-state index contributed by atoms with van der Waals surface area (Å²) in [6.45, 7) is 5.33. The van der Waals surface area contributed by atoms with Gasteiger partial charge in [0.25, 0.3) is 0 Å². The van der Waals surface area contributed by atoms with Crippen molar-refractivity contribution in [3.05, 3.63) is 28.8 Å². The SMILES string of the molecule is CC1(CNc2ccc(C#N)cc2Cl)CCCNC1. The second-order valence-corrected chi connectivity index (χ2v) is 5.66. The molecule has 1 heterocycles. The Morgan fingerprint density at radius 3 is 3.00 bits per heavy atom. The van der Waals surface area contributed by atoms with Gasteiger partial charge in [-0.05, 0) is 43.0 Å². The Morgan fingerprint density at radius 1 is 1.56 bits per heavy atom. The van der Waals surface area contributed by atoms with E-state index in [0.29, 0.717) is 10.6 Å². The summed E-state index contributed by atoms with van der Waals surface area (Å²) in [4.78, 5) is 0. The molecule has 1 aliphatic rings. The number of benzene rings is 1. The number of hydrogen-bond acceptors (Lipinski definition) is 3. The number of halogens is 1. The lowest BCUT2D eigenvalue weighted by atomic mass is 9.83. The predicted octanol–water partition coefficient (Wildman–Crippen LogP) is 3.01. The summed E-state index contributed by atoms with van der Waals surface area (Å²) in [6.07, 6.45) is 2.44. The number of nitriles is 1. The summed E-state index contributed by atoms with van der Waals surface area (Å²) in [5, 5.41) is 16.2. The summed E-state index contributed by atoms with van der Waals surface area (Å²) < 4.78 is 0. The van der Waals surface area contributed by atoms with E-state index in [1.165, 1.54) is 12.8 Å². The van der Waals surface area contributed by atoms with Crippen molar-refractivity contribution in [1.82, 2.24) is 5.32 Å². The largest absolute Gasteiger partial charge is 0.383 e. The van der Waals surface area contributed by atoms with Crippen LogP contribution in [0.1, 0.15) is 25.3 Å². The minimum atomic E-state index is 0.273. The summed E-state index contributed by atoms with van der Waals surface area (Å²) in [7, 11) is 0. The molecule has 1 aliphatic heterocycles. The highest BCUT2D eigenvalue weighted by Crippen LogP contribution is 2.28. The number of hydrogen-bond donors (Lipinski definition) is 2. The van der Waals surface area contributed by atoms with Crippen LogP contribution in [0.3, 0.4) is 0 Å². The van der Waals surface area contributed by atoms with E-state index >= 15 is 0 Å². The molecule has 18 heavy (non-hydrogen) atoms. The Morgan fingerprint density at radius 2 is 2.39 bits per heavy atom. The van der Waals surface area contributed by atoms with Gasteiger partial charge in [-0.25, -0.2) is 0 Å². The first-order chi connectivity index (χ1) is 8.63. The second-order valence-electron chi connectivity index (χ2n) is 5.25. The quantitative estimate of drug-likeness (QED) is 0.881. The van der Waals surface area contributed by atoms with Crippen molar-refractivity contribution in [3.8, 4) is 6.07 Å². The molecule has 0 spiro atoms. The predicted molar refractivity (Wildman–Crippen MR) is 74.9 cm³/mol. The first-order valence-electron chi connectivity index (χ1n) is 6.27. The standard InChI is InChI=1S/C14H18ClN3/c1-14(5-2-6-17-9-14)10-18-13-4-3-11(8-16)7-12(13)15/h3-4,7,17-18H,2,5-6,9-10H2,1H3. The molecule has 1 saturated heterocycles. The van der Waals surface area contributed by atoms with Gasteiger partial charge in [0.1, 0.15) is 0 Å². The zero-order chi connectivity index (χ0) is 13.0. The number of nitrogens with zero attached hydrogens (tertiary/aromatic N) is 1. The molecule has 0 radical (unpaired) electrons. The highest BCUT2D eigenvalue weighted by Gasteiger charge is 2.26. The van der Waals surface area contributed by atoms with E-state index in [0.717, 1.165) is 25.3 Å². The Bertz CT molecular complexity index is 459. The van der Waals surface area contributed by atoms with Gasteiger partial charge in [0.2, 0.25) is 0 Å². The molecule has 0 amide bonds. The van der Waals surface area contributed by atoms with Crippen LogP contribution in [0.15, 0.2) is 18.2 Å². The third kappa shape index (κ3) is 3.16. The van der Waals surface area contributed by atoms with Gasteiger partial charge in [0.05, 0.1) is 22.3 Å². The first kappa shape index (κ1) is 13.2. The zero-order valence-electron chi connectivity index (χ0n) is 10.6. The Balaban J connectivity index is 2.00. The molecule has 0 bridgehead atoms. The van der Waals surface area contributed by atoms with E-state index in [4.69, 9.17) is 16.9 Å². The van der Waals surface area contributed by atoms with Crippen molar-refractivity contribution in [2.75, 3.05) is 25.0 Å². The average molecular weight is 264 g/mol. The van der Waals surface area contributed by atoms with Crippen LogP contribution in [0, 0.1) is 16.7 Å². The summed E-state index contributed by atoms with van der Waals surface area (Å²) >= 11 is 6.14. The maximum atomic E-state index is 8.79. The molecule has 0 aliphatic carbocycles. The molecule has 2 rings (SSSR count). The van der Waals surface area contributed by atoms with Crippen molar-refractivity contribution in [3.63, 3.8) is 0 Å². The van der Waals surface area contributed by atoms with Crippen molar-refractivity contribution in [1.29, 1.82) is 5.26 Å². The van der Waals surface area contributed by atoms with Gasteiger partial charge in [-0.2, -0.15) is 5.26 Å². The van der Waals surface area contributed by atoms with E-state index < -0.39 is 0 Å². The fraction of sp³-hybridized carbons (Fsp3) is 0.500. The van der Waals surface area contributed by atoms with Crippen molar-refractivity contribution in [2.45, 2.75) is 19.8 Å². The lowest BCUT2D eigenvalue weighted by molar-refractivity contribution is 0.253. The van der Waals surface area contributed by atoms with Crippen LogP contribution in [0.25, 0.3) is 0 Å². The highest BCUT2D eigenvalue weighted by atomic mass is 35.5. The molecule has 0 saturated carbocycles. The van der Waals surface area contributed by atoms with Crippen molar-refractivity contribution in [2.24, 2.45) is 5.41 Å². The lowest BCUT2D eigenvalue weighted by Crippen LogP contribution is -2.42. The summed E-state index contributed by atoms with van der Waals surface area (Å²) in [5.41, 5.74) is 1.77. The van der Waals surface area contributed by atoms with Crippen molar-refractivity contribution < 1.29 is 0 Å². The number of rotatable bonds is 3. The van der Waals surface area contributed by atoms with Gasteiger partial charge >= 0.3 is 0 Å². The maximum Gasteiger partial charge on any atom is 0.0992 e. The molecule has 1 unspecified atom stereocenters. The van der Waals surface area contributed by atoms with Crippen LogP contribution in [0.4, 0.5) is 5.69 Å². The molecular weight excluding hydrogens is 246 g/mol. The second kappa shape index (κ2) is 5.60. The highest BCUT2D eigenvalue weighted by molar-refractivity contribution is 6.33. The minimum Gasteiger partial charge on any atom is -0.383 e. The number of nitrogens with one attached hydrogen (secondary N) is 2. The van der Waals surface area contributed by atoms with Gasteiger partial charge in [0, 0.05) is 13.1 Å². The van der Waals surface area contributed by atoms with Crippen LogP contribution in [0.2, 0.25) is 5.02 Å². The fourth-order valence-corrected chi connectivity index (χ4v) is 2.55. The molecule has 3 nitrogen and oxygen atoms in total. The monoisotopic (exact) mass is 263 g/mol. The number of anilines is 1. The Kier molecular flexibility index (Phi) is 4.11. The fourth-order valence-electron chi connectivity index (χ4n) is 2.31. The van der Waals surface area contributed by atoms with Gasteiger partial charge < -0.3 is 10.6 Å². The van der Waals surface area contributed by atoms with E-state index in [1.54, 1.807) is 12.1 Å². The Labute approximate surface area is 113 Å². The van der Waals surface area contributed by atoms with Gasteiger partial charge in [-0.1, -0.05) is 18.5 Å². The van der Waals surface area contributed by atoms with Gasteiger partial charge in [-0.15, -0.1) is 0 Å². The molecule has 1 fully saturated rings. The van der Waals surface area contributed by atoms with Crippen molar-refractivity contribution >= 4 is 17.3 Å². The van der Waals surface area contributed by atoms with Crippen LogP contribution in [0.5, 0.6) is 0 Å². The number of piperidine rings is 1. The molecule has 1 aromatic carbocycles. The molecular formula is C14H18ClN3. The van der Waals surface area contributed by atoms with E-state index in [-0.39, 0.29) is 5.41 Å². The molecule has 96 valence electrons. The van der Waals surface area contributed by atoms with Crippen LogP contribution in [-0.4, -0.2) is 19.6 Å². The molecule has 1 aromatic rings. The third-order valence-electron chi connectivity index (χ3n) is 3.49. The van der Waals surface area contributed by atoms with E-state index in [9.17, 15) is 0 Å². The third-order valence-corrected chi connectivity index (χ3v) is 3.80. The van der Waals surface area contributed by atoms with E-state index in [2.05, 4.69) is 23.6 Å². The topological polar surface area (TPSA) is 47.9 Å². The summed E-state index contributed by atoms with van der Waals surface area (Å²) in [6, 6.07) is 7.45. The normalized spacial score (nSPS) is 23.4. The molecule has 4 heteroatoms. The molecule has 2 N–H and O–H groups in total. The zero-order valence-corrected chi connectivity index (χ0v) is 11.3. The molecule has 0 aromatic heterocycles. The Hall–Kier alpha value is -1.24. The van der Waals surface area contributed by atoms with Gasteiger partial charge in [-0.3, -0.25) is 0 Å². The van der Waals surface area contributed by atoms with Gasteiger partial charge in [0.15, 0.2) is 0 Å². The van der Waals surface area contributed by atoms with E-state index in [1.807, 2.05) is 6.07 Å². The average Bonchev–Trinajstić information content (AvgIpc) is 2.38.